The van der Waals surface area contributed by atoms with Gasteiger partial charge in [-0.1, -0.05) is 23.7 Å². The van der Waals surface area contributed by atoms with Crippen molar-refractivity contribution in [3.63, 3.8) is 0 Å². The third-order valence-corrected chi connectivity index (χ3v) is 5.40. The molecule has 0 aliphatic heterocycles. The van der Waals surface area contributed by atoms with Gasteiger partial charge in [-0.3, -0.25) is 4.68 Å². The summed E-state index contributed by atoms with van der Waals surface area (Å²) >= 11 is 13.3. The van der Waals surface area contributed by atoms with Crippen LogP contribution in [0.3, 0.4) is 0 Å². The molecule has 0 fully saturated rings. The Bertz CT molecular complexity index is 610. The minimum Gasteiger partial charge on any atom is -0.324 e. The van der Waals surface area contributed by atoms with Crippen molar-refractivity contribution in [2.45, 2.75) is 19.4 Å². The van der Waals surface area contributed by atoms with E-state index < -0.39 is 0 Å². The first-order chi connectivity index (χ1) is 8.91. The zero-order valence-electron chi connectivity index (χ0n) is 10.6. The molecule has 0 aliphatic rings. The lowest BCUT2D eigenvalue weighted by Gasteiger charge is -2.15. The number of rotatable bonds is 3. The van der Waals surface area contributed by atoms with Gasteiger partial charge in [0.05, 0.1) is 20.9 Å². The van der Waals surface area contributed by atoms with Crippen molar-refractivity contribution in [2.75, 3.05) is 0 Å². The molecule has 19 heavy (non-hydrogen) atoms. The Kier molecular flexibility index (Phi) is 4.71. The largest absolute Gasteiger partial charge is 0.324 e. The smallest absolute Gasteiger partial charge is 0.0738 e. The summed E-state index contributed by atoms with van der Waals surface area (Å²) in [7, 11) is 1.92. The number of halogens is 3. The molecule has 0 saturated carbocycles. The summed E-state index contributed by atoms with van der Waals surface area (Å²) in [6, 6.07) is 5.63. The lowest BCUT2D eigenvalue weighted by Crippen LogP contribution is -2.16. The molecule has 0 amide bonds. The molecule has 0 radical (unpaired) electrons. The highest BCUT2D eigenvalue weighted by molar-refractivity contribution is 9.10. The first kappa shape index (κ1) is 15.0. The summed E-state index contributed by atoms with van der Waals surface area (Å²) in [4.78, 5) is 0. The fourth-order valence-corrected chi connectivity index (χ4v) is 3.17. The van der Waals surface area contributed by atoms with Gasteiger partial charge in [0.15, 0.2) is 0 Å². The Hall–Kier alpha value is -0.360. The van der Waals surface area contributed by atoms with Gasteiger partial charge < -0.3 is 5.73 Å². The summed E-state index contributed by atoms with van der Waals surface area (Å²) in [5.74, 6) is 0. The van der Waals surface area contributed by atoms with Crippen molar-refractivity contribution in [2.24, 2.45) is 12.8 Å². The Labute approximate surface area is 134 Å². The van der Waals surface area contributed by atoms with E-state index in [1.165, 1.54) is 0 Å². The van der Waals surface area contributed by atoms with E-state index in [-0.39, 0.29) is 6.04 Å². The lowest BCUT2D eigenvalue weighted by molar-refractivity contribution is 0.638. The van der Waals surface area contributed by atoms with Crippen LogP contribution in [0.25, 0.3) is 0 Å². The molecule has 0 saturated heterocycles. The van der Waals surface area contributed by atoms with E-state index in [0.717, 1.165) is 25.9 Å². The molecule has 3 nitrogen and oxygen atoms in total. The predicted octanol–water partition coefficient (Wildman–Crippen LogP) is 4.15. The van der Waals surface area contributed by atoms with Gasteiger partial charge in [-0.25, -0.2) is 0 Å². The van der Waals surface area contributed by atoms with Gasteiger partial charge in [-0.05, 0) is 50.4 Å². The van der Waals surface area contributed by atoms with Gasteiger partial charge in [0.2, 0.25) is 0 Å². The van der Waals surface area contributed by atoms with Crippen LogP contribution in [0.15, 0.2) is 27.1 Å². The van der Waals surface area contributed by atoms with Gasteiger partial charge in [0, 0.05) is 24.0 Å². The molecule has 102 valence electrons. The topological polar surface area (TPSA) is 43.8 Å². The first-order valence-corrected chi connectivity index (χ1v) is 7.75. The standard InChI is InChI=1S/C13H14Br2ClN3/c1-7-12(15)11(19(2)18-7)6-10(17)8-4-3-5-9(14)13(8)16/h3-5,10H,6,17H2,1-2H3. The van der Waals surface area contributed by atoms with Crippen LogP contribution in [0.4, 0.5) is 0 Å². The van der Waals surface area contributed by atoms with E-state index in [1.807, 2.05) is 36.9 Å². The predicted molar refractivity (Wildman–Crippen MR) is 85.4 cm³/mol. The number of aryl methyl sites for hydroxylation is 2. The third kappa shape index (κ3) is 3.05. The highest BCUT2D eigenvalue weighted by Crippen LogP contribution is 2.32. The Morgan fingerprint density at radius 3 is 2.68 bits per heavy atom. The second-order valence-corrected chi connectivity index (χ2v) is 6.45. The summed E-state index contributed by atoms with van der Waals surface area (Å²) in [5, 5.41) is 5.04. The van der Waals surface area contributed by atoms with E-state index in [0.29, 0.717) is 11.4 Å². The van der Waals surface area contributed by atoms with Crippen LogP contribution >= 0.6 is 43.5 Å². The van der Waals surface area contributed by atoms with Crippen LogP contribution in [0.5, 0.6) is 0 Å². The number of aromatic nitrogens is 2. The van der Waals surface area contributed by atoms with Gasteiger partial charge in [-0.15, -0.1) is 0 Å². The fraction of sp³-hybridized carbons (Fsp3) is 0.308. The number of nitrogens with two attached hydrogens (primary N) is 1. The molecule has 1 aromatic carbocycles. The average Bonchev–Trinajstić information content (AvgIpc) is 2.59. The van der Waals surface area contributed by atoms with Crippen molar-refractivity contribution in [3.05, 3.63) is 49.1 Å². The number of nitrogens with zero attached hydrogens (tertiary/aromatic N) is 2. The van der Waals surface area contributed by atoms with Crippen LogP contribution in [0, 0.1) is 6.92 Å². The van der Waals surface area contributed by atoms with E-state index >= 15 is 0 Å². The molecule has 2 N–H and O–H groups in total. The van der Waals surface area contributed by atoms with Crippen molar-refractivity contribution in [1.29, 1.82) is 0 Å². The number of benzene rings is 1. The number of hydrogen-bond acceptors (Lipinski definition) is 2. The molecule has 0 bridgehead atoms. The first-order valence-electron chi connectivity index (χ1n) is 5.79. The fourth-order valence-electron chi connectivity index (χ4n) is 2.03. The van der Waals surface area contributed by atoms with Gasteiger partial charge in [0.25, 0.3) is 0 Å². The second kappa shape index (κ2) is 5.95. The molecule has 0 spiro atoms. The van der Waals surface area contributed by atoms with Crippen molar-refractivity contribution in [1.82, 2.24) is 9.78 Å². The molecule has 6 heteroatoms. The maximum Gasteiger partial charge on any atom is 0.0738 e. The van der Waals surface area contributed by atoms with Crippen molar-refractivity contribution >= 4 is 43.5 Å². The SMILES string of the molecule is Cc1nn(C)c(CC(N)c2cccc(Br)c2Cl)c1Br. The highest BCUT2D eigenvalue weighted by Gasteiger charge is 2.18. The monoisotopic (exact) mass is 405 g/mol. The molecule has 1 aromatic heterocycles. The average molecular weight is 408 g/mol. The van der Waals surface area contributed by atoms with E-state index in [9.17, 15) is 0 Å². The molecule has 1 unspecified atom stereocenters. The van der Waals surface area contributed by atoms with Gasteiger partial charge in [0.1, 0.15) is 0 Å². The molecule has 1 atom stereocenters. The summed E-state index contributed by atoms with van der Waals surface area (Å²) in [6.07, 6.45) is 0.675. The maximum atomic E-state index is 6.28. The van der Waals surface area contributed by atoms with Gasteiger partial charge in [-0.2, -0.15) is 5.10 Å². The van der Waals surface area contributed by atoms with Gasteiger partial charge >= 0.3 is 0 Å². The minimum atomic E-state index is -0.170. The van der Waals surface area contributed by atoms with E-state index in [2.05, 4.69) is 37.0 Å². The molecule has 0 aliphatic carbocycles. The number of hydrogen-bond donors (Lipinski definition) is 1. The Morgan fingerprint density at radius 1 is 1.42 bits per heavy atom. The molecular weight excluding hydrogens is 393 g/mol. The lowest BCUT2D eigenvalue weighted by atomic mass is 10.0. The quantitative estimate of drug-likeness (QED) is 0.831. The molecule has 1 heterocycles. The summed E-state index contributed by atoms with van der Waals surface area (Å²) in [6.45, 7) is 1.96. The summed E-state index contributed by atoms with van der Waals surface area (Å²) < 4.78 is 3.73. The van der Waals surface area contributed by atoms with Crippen molar-refractivity contribution < 1.29 is 0 Å². The highest BCUT2D eigenvalue weighted by atomic mass is 79.9. The normalized spacial score (nSPS) is 12.7. The zero-order valence-corrected chi connectivity index (χ0v) is 14.6. The van der Waals surface area contributed by atoms with Crippen LogP contribution in [0.1, 0.15) is 23.0 Å². The van der Waals surface area contributed by atoms with Crippen LogP contribution in [0.2, 0.25) is 5.02 Å². The molecular formula is C13H14Br2ClN3. The second-order valence-electron chi connectivity index (χ2n) is 4.42. The third-order valence-electron chi connectivity index (χ3n) is 3.06. The van der Waals surface area contributed by atoms with Crippen LogP contribution in [-0.2, 0) is 13.5 Å². The zero-order chi connectivity index (χ0) is 14.2. The maximum absolute atomic E-state index is 6.28. The van der Waals surface area contributed by atoms with E-state index in [4.69, 9.17) is 17.3 Å². The molecule has 2 aromatic rings. The summed E-state index contributed by atoms with van der Waals surface area (Å²) in [5.41, 5.74) is 9.24. The van der Waals surface area contributed by atoms with Crippen LogP contribution in [-0.4, -0.2) is 9.78 Å². The van der Waals surface area contributed by atoms with Crippen molar-refractivity contribution in [3.8, 4) is 0 Å². The Morgan fingerprint density at radius 2 is 2.11 bits per heavy atom. The van der Waals surface area contributed by atoms with Crippen LogP contribution < -0.4 is 5.73 Å². The minimum absolute atomic E-state index is 0.170. The van der Waals surface area contributed by atoms with E-state index in [1.54, 1.807) is 0 Å². The molecule has 2 rings (SSSR count). The Balaban J connectivity index is 2.31.